The lowest BCUT2D eigenvalue weighted by molar-refractivity contribution is -0.117. The lowest BCUT2D eigenvalue weighted by Gasteiger charge is -2.17. The minimum Gasteiger partial charge on any atom is -0.325 e. The fourth-order valence-corrected chi connectivity index (χ4v) is 3.19. The number of likely N-dealkylation sites (N-methyl/N-ethyl adjacent to an activating group) is 1. The maximum Gasteiger partial charge on any atom is 0.238 e. The van der Waals surface area contributed by atoms with Gasteiger partial charge < -0.3 is 5.32 Å². The van der Waals surface area contributed by atoms with Crippen LogP contribution in [-0.4, -0.2) is 24.4 Å². The second-order valence-corrected chi connectivity index (χ2v) is 6.79. The zero-order valence-corrected chi connectivity index (χ0v) is 16.0. The van der Waals surface area contributed by atoms with Crippen LogP contribution in [0.3, 0.4) is 0 Å². The van der Waals surface area contributed by atoms with Gasteiger partial charge in [-0.2, -0.15) is 0 Å². The van der Waals surface area contributed by atoms with E-state index in [-0.39, 0.29) is 5.91 Å². The fourth-order valence-electron chi connectivity index (χ4n) is 3.19. The molecule has 27 heavy (non-hydrogen) atoms. The second kappa shape index (κ2) is 9.15. The minimum absolute atomic E-state index is 0.0132. The van der Waals surface area contributed by atoms with Gasteiger partial charge in [0.25, 0.3) is 0 Å². The summed E-state index contributed by atoms with van der Waals surface area (Å²) in [5.74, 6) is 0.0132. The van der Waals surface area contributed by atoms with Crippen molar-refractivity contribution in [3.05, 3.63) is 90.0 Å². The molecule has 0 aliphatic carbocycles. The van der Waals surface area contributed by atoms with E-state index >= 15 is 0 Å². The summed E-state index contributed by atoms with van der Waals surface area (Å²) in [5.41, 5.74) is 5.68. The highest BCUT2D eigenvalue weighted by Gasteiger charge is 2.09. The number of carbonyl (C=O) groups is 1. The van der Waals surface area contributed by atoms with Gasteiger partial charge in [-0.05, 0) is 41.8 Å². The molecule has 3 aromatic rings. The van der Waals surface area contributed by atoms with Crippen LogP contribution in [0.5, 0.6) is 0 Å². The molecule has 0 fully saturated rings. The van der Waals surface area contributed by atoms with Crippen molar-refractivity contribution >= 4 is 11.6 Å². The van der Waals surface area contributed by atoms with Crippen molar-refractivity contribution in [3.63, 3.8) is 0 Å². The molecule has 0 heterocycles. The highest BCUT2D eigenvalue weighted by molar-refractivity contribution is 5.92. The molecule has 0 atom stereocenters. The van der Waals surface area contributed by atoms with Crippen LogP contribution in [-0.2, 0) is 17.8 Å². The lowest BCUT2D eigenvalue weighted by atomic mass is 10.0. The zero-order valence-electron chi connectivity index (χ0n) is 16.0. The van der Waals surface area contributed by atoms with Gasteiger partial charge in [0.2, 0.25) is 5.91 Å². The Bertz CT molecular complexity index is 872. The Kier molecular flexibility index (Phi) is 6.39. The van der Waals surface area contributed by atoms with Crippen LogP contribution >= 0.6 is 0 Å². The van der Waals surface area contributed by atoms with Crippen molar-refractivity contribution in [3.8, 4) is 11.1 Å². The summed E-state index contributed by atoms with van der Waals surface area (Å²) in [6.07, 6.45) is 0.903. The summed E-state index contributed by atoms with van der Waals surface area (Å²) in [6, 6.07) is 26.8. The first-order valence-electron chi connectivity index (χ1n) is 9.36. The Morgan fingerprint density at radius 3 is 2.19 bits per heavy atom. The third-order valence-corrected chi connectivity index (χ3v) is 4.60. The standard InChI is InChI=1S/C24H26N2O/c1-3-20-9-7-8-12-23(20)25-24(27)18-26(2)17-19-13-15-22(16-14-19)21-10-5-4-6-11-21/h4-16H,3,17-18H2,1-2H3,(H,25,27). The van der Waals surface area contributed by atoms with Gasteiger partial charge in [-0.3, -0.25) is 9.69 Å². The molecule has 3 heteroatoms. The lowest BCUT2D eigenvalue weighted by Crippen LogP contribution is -2.30. The molecule has 3 aromatic carbocycles. The topological polar surface area (TPSA) is 32.3 Å². The van der Waals surface area contributed by atoms with Crippen LogP contribution < -0.4 is 5.32 Å². The first-order valence-corrected chi connectivity index (χ1v) is 9.36. The van der Waals surface area contributed by atoms with E-state index in [4.69, 9.17) is 0 Å². The van der Waals surface area contributed by atoms with Crippen molar-refractivity contribution in [2.24, 2.45) is 0 Å². The second-order valence-electron chi connectivity index (χ2n) is 6.79. The van der Waals surface area contributed by atoms with Crippen LogP contribution in [0, 0.1) is 0 Å². The van der Waals surface area contributed by atoms with E-state index in [2.05, 4.69) is 48.6 Å². The molecule has 138 valence electrons. The molecule has 0 unspecified atom stereocenters. The average molecular weight is 358 g/mol. The Morgan fingerprint density at radius 2 is 1.48 bits per heavy atom. The number of hydrogen-bond donors (Lipinski definition) is 1. The van der Waals surface area contributed by atoms with Crippen LogP contribution in [0.15, 0.2) is 78.9 Å². The molecule has 0 saturated carbocycles. The molecular formula is C24H26N2O. The molecule has 3 nitrogen and oxygen atoms in total. The van der Waals surface area contributed by atoms with E-state index in [0.717, 1.165) is 24.2 Å². The van der Waals surface area contributed by atoms with Crippen LogP contribution in [0.2, 0.25) is 0 Å². The zero-order chi connectivity index (χ0) is 19.1. The summed E-state index contributed by atoms with van der Waals surface area (Å²) in [6.45, 7) is 3.19. The SMILES string of the molecule is CCc1ccccc1NC(=O)CN(C)Cc1ccc(-c2ccccc2)cc1. The molecule has 1 amide bonds. The van der Waals surface area contributed by atoms with Gasteiger partial charge in [0, 0.05) is 12.2 Å². The van der Waals surface area contributed by atoms with Gasteiger partial charge in [0.1, 0.15) is 0 Å². The van der Waals surface area contributed by atoms with E-state index in [1.807, 2.05) is 54.4 Å². The Labute approximate surface area is 161 Å². The van der Waals surface area contributed by atoms with E-state index in [1.54, 1.807) is 0 Å². The molecule has 0 aliphatic rings. The number of anilines is 1. The largest absolute Gasteiger partial charge is 0.325 e. The summed E-state index contributed by atoms with van der Waals surface area (Å²) in [4.78, 5) is 14.4. The van der Waals surface area contributed by atoms with Gasteiger partial charge in [-0.25, -0.2) is 0 Å². The first-order chi connectivity index (χ1) is 13.2. The van der Waals surface area contributed by atoms with Crippen LogP contribution in [0.4, 0.5) is 5.69 Å². The maximum absolute atomic E-state index is 12.4. The van der Waals surface area contributed by atoms with Crippen molar-refractivity contribution in [2.45, 2.75) is 19.9 Å². The monoisotopic (exact) mass is 358 g/mol. The van der Waals surface area contributed by atoms with Crippen LogP contribution in [0.1, 0.15) is 18.1 Å². The molecule has 0 aromatic heterocycles. The van der Waals surface area contributed by atoms with Crippen molar-refractivity contribution in [2.75, 3.05) is 18.9 Å². The normalized spacial score (nSPS) is 10.8. The molecule has 0 aliphatic heterocycles. The van der Waals surface area contributed by atoms with Gasteiger partial charge in [0.05, 0.1) is 6.54 Å². The predicted octanol–water partition coefficient (Wildman–Crippen LogP) is 4.99. The number of aryl methyl sites for hydroxylation is 1. The summed E-state index contributed by atoms with van der Waals surface area (Å²) in [7, 11) is 1.97. The third-order valence-electron chi connectivity index (χ3n) is 4.60. The van der Waals surface area contributed by atoms with E-state index < -0.39 is 0 Å². The summed E-state index contributed by atoms with van der Waals surface area (Å²) >= 11 is 0. The number of benzene rings is 3. The number of hydrogen-bond acceptors (Lipinski definition) is 2. The maximum atomic E-state index is 12.4. The van der Waals surface area contributed by atoms with Gasteiger partial charge in [-0.1, -0.05) is 79.7 Å². The quantitative estimate of drug-likeness (QED) is 0.645. The number of para-hydroxylation sites is 1. The average Bonchev–Trinajstić information content (AvgIpc) is 2.69. The van der Waals surface area contributed by atoms with E-state index in [1.165, 1.54) is 16.7 Å². The van der Waals surface area contributed by atoms with Gasteiger partial charge in [-0.15, -0.1) is 0 Å². The molecular weight excluding hydrogens is 332 g/mol. The molecule has 0 saturated heterocycles. The molecule has 3 rings (SSSR count). The molecule has 0 bridgehead atoms. The molecule has 1 N–H and O–H groups in total. The van der Waals surface area contributed by atoms with E-state index in [9.17, 15) is 4.79 Å². The van der Waals surface area contributed by atoms with E-state index in [0.29, 0.717) is 6.54 Å². The van der Waals surface area contributed by atoms with Crippen molar-refractivity contribution in [1.29, 1.82) is 0 Å². The first kappa shape index (κ1) is 18.9. The predicted molar refractivity (Wildman–Crippen MR) is 113 cm³/mol. The third kappa shape index (κ3) is 5.28. The number of rotatable bonds is 7. The van der Waals surface area contributed by atoms with Gasteiger partial charge in [0.15, 0.2) is 0 Å². The number of amides is 1. The number of nitrogens with zero attached hydrogens (tertiary/aromatic N) is 1. The summed E-state index contributed by atoms with van der Waals surface area (Å²) < 4.78 is 0. The Morgan fingerprint density at radius 1 is 0.852 bits per heavy atom. The minimum atomic E-state index is 0.0132. The number of nitrogens with one attached hydrogen (secondary N) is 1. The van der Waals surface area contributed by atoms with Crippen molar-refractivity contribution < 1.29 is 4.79 Å². The summed E-state index contributed by atoms with van der Waals surface area (Å²) in [5, 5.41) is 3.03. The molecule has 0 spiro atoms. The van der Waals surface area contributed by atoms with Crippen molar-refractivity contribution in [1.82, 2.24) is 4.90 Å². The Balaban J connectivity index is 1.56. The highest BCUT2D eigenvalue weighted by Crippen LogP contribution is 2.20. The van der Waals surface area contributed by atoms with Gasteiger partial charge >= 0.3 is 0 Å². The smallest absolute Gasteiger partial charge is 0.238 e. The van der Waals surface area contributed by atoms with Crippen LogP contribution in [0.25, 0.3) is 11.1 Å². The highest BCUT2D eigenvalue weighted by atomic mass is 16.2. The fraction of sp³-hybridized carbons (Fsp3) is 0.208. The number of carbonyl (C=O) groups excluding carboxylic acids is 1. The molecule has 0 radical (unpaired) electrons. The Hall–Kier alpha value is -2.91.